The van der Waals surface area contributed by atoms with Crippen LogP contribution < -0.4 is 10.2 Å². The number of hydrogen-bond acceptors (Lipinski definition) is 4. The SMILES string of the molecule is Cc1c(Cl)cccc1NC(=O)c1ccccc1N1C(=O)c2ccc(C(=O)O)cc2C1=O. The molecule has 154 valence electrons. The van der Waals surface area contributed by atoms with Crippen LogP contribution in [0.3, 0.4) is 0 Å². The van der Waals surface area contributed by atoms with E-state index in [0.29, 0.717) is 16.3 Å². The van der Waals surface area contributed by atoms with Gasteiger partial charge in [0.1, 0.15) is 0 Å². The van der Waals surface area contributed by atoms with Gasteiger partial charge in [-0.05, 0) is 55.0 Å². The number of carboxylic acid groups (broad SMARTS) is 1. The quantitative estimate of drug-likeness (QED) is 0.592. The van der Waals surface area contributed by atoms with Gasteiger partial charge in [-0.1, -0.05) is 29.8 Å². The average Bonchev–Trinajstić information content (AvgIpc) is 3.01. The number of halogens is 1. The van der Waals surface area contributed by atoms with Gasteiger partial charge in [-0.15, -0.1) is 0 Å². The van der Waals surface area contributed by atoms with E-state index in [4.69, 9.17) is 11.6 Å². The van der Waals surface area contributed by atoms with Crippen LogP contribution in [0.15, 0.2) is 60.7 Å². The van der Waals surface area contributed by atoms with Crippen molar-refractivity contribution in [3.05, 3.63) is 93.5 Å². The highest BCUT2D eigenvalue weighted by atomic mass is 35.5. The Morgan fingerprint density at radius 3 is 2.39 bits per heavy atom. The molecule has 0 saturated heterocycles. The van der Waals surface area contributed by atoms with Crippen molar-refractivity contribution < 1.29 is 24.3 Å². The molecule has 0 bridgehead atoms. The molecular weight excluding hydrogens is 420 g/mol. The van der Waals surface area contributed by atoms with Crippen LogP contribution in [-0.4, -0.2) is 28.8 Å². The molecule has 0 spiro atoms. The first-order valence-corrected chi connectivity index (χ1v) is 9.59. The average molecular weight is 435 g/mol. The smallest absolute Gasteiger partial charge is 0.335 e. The monoisotopic (exact) mass is 434 g/mol. The highest BCUT2D eigenvalue weighted by Gasteiger charge is 2.38. The number of amides is 3. The number of carboxylic acids is 1. The van der Waals surface area contributed by atoms with Crippen LogP contribution in [0.5, 0.6) is 0 Å². The van der Waals surface area contributed by atoms with Gasteiger partial charge in [0, 0.05) is 10.7 Å². The number of benzene rings is 3. The maximum atomic E-state index is 13.0. The Labute approximate surface area is 181 Å². The third-order valence-corrected chi connectivity index (χ3v) is 5.45. The number of fused-ring (bicyclic) bond motifs is 1. The number of aromatic carboxylic acids is 1. The van der Waals surface area contributed by atoms with Crippen LogP contribution in [0.25, 0.3) is 0 Å². The van der Waals surface area contributed by atoms with Gasteiger partial charge in [-0.25, -0.2) is 9.69 Å². The predicted octanol–water partition coefficient (Wildman–Crippen LogP) is 4.40. The molecule has 8 heteroatoms. The van der Waals surface area contributed by atoms with E-state index in [1.807, 2.05) is 0 Å². The number of carbonyl (C=O) groups is 4. The lowest BCUT2D eigenvalue weighted by Gasteiger charge is -2.18. The molecule has 0 unspecified atom stereocenters. The molecular formula is C23H15ClN2O5. The van der Waals surface area contributed by atoms with Crippen LogP contribution >= 0.6 is 11.6 Å². The fourth-order valence-electron chi connectivity index (χ4n) is 3.39. The number of carbonyl (C=O) groups excluding carboxylic acids is 3. The lowest BCUT2D eigenvalue weighted by Crippen LogP contribution is -2.31. The lowest BCUT2D eigenvalue weighted by molar-refractivity contribution is 0.0696. The molecule has 1 heterocycles. The van der Waals surface area contributed by atoms with Gasteiger partial charge in [0.25, 0.3) is 17.7 Å². The number of anilines is 2. The van der Waals surface area contributed by atoms with E-state index in [1.54, 1.807) is 37.3 Å². The second-order valence-corrected chi connectivity index (χ2v) is 7.30. The molecule has 1 aliphatic rings. The molecule has 0 atom stereocenters. The van der Waals surface area contributed by atoms with Crippen molar-refractivity contribution in [1.29, 1.82) is 0 Å². The van der Waals surface area contributed by atoms with Crippen molar-refractivity contribution in [3.8, 4) is 0 Å². The van der Waals surface area contributed by atoms with E-state index >= 15 is 0 Å². The fourth-order valence-corrected chi connectivity index (χ4v) is 3.56. The molecule has 1 aliphatic heterocycles. The first-order valence-electron chi connectivity index (χ1n) is 9.21. The second-order valence-electron chi connectivity index (χ2n) is 6.89. The maximum Gasteiger partial charge on any atom is 0.335 e. The topological polar surface area (TPSA) is 104 Å². The van der Waals surface area contributed by atoms with Gasteiger partial charge in [0.15, 0.2) is 0 Å². The molecule has 4 rings (SSSR count). The first kappa shape index (κ1) is 20.3. The molecule has 31 heavy (non-hydrogen) atoms. The molecule has 3 amide bonds. The minimum Gasteiger partial charge on any atom is -0.478 e. The van der Waals surface area contributed by atoms with E-state index in [-0.39, 0.29) is 27.9 Å². The number of nitrogens with one attached hydrogen (secondary N) is 1. The Balaban J connectivity index is 1.73. The summed E-state index contributed by atoms with van der Waals surface area (Å²) in [5, 5.41) is 12.4. The van der Waals surface area contributed by atoms with Crippen molar-refractivity contribution in [2.75, 3.05) is 10.2 Å². The number of imide groups is 1. The zero-order valence-corrected chi connectivity index (χ0v) is 16.9. The van der Waals surface area contributed by atoms with Gasteiger partial charge < -0.3 is 10.4 Å². The summed E-state index contributed by atoms with van der Waals surface area (Å²) in [6.45, 7) is 1.76. The van der Waals surface area contributed by atoms with Gasteiger partial charge in [0.05, 0.1) is 27.9 Å². The lowest BCUT2D eigenvalue weighted by atomic mass is 10.1. The van der Waals surface area contributed by atoms with Gasteiger partial charge in [0.2, 0.25) is 0 Å². The summed E-state index contributed by atoms with van der Waals surface area (Å²) in [5.74, 6) is -3.06. The maximum absolute atomic E-state index is 13.0. The normalized spacial score (nSPS) is 12.6. The predicted molar refractivity (Wildman–Crippen MR) is 115 cm³/mol. The molecule has 3 aromatic rings. The van der Waals surface area contributed by atoms with Crippen molar-refractivity contribution in [1.82, 2.24) is 0 Å². The van der Waals surface area contributed by atoms with Crippen molar-refractivity contribution >= 4 is 46.7 Å². The number of para-hydroxylation sites is 1. The highest BCUT2D eigenvalue weighted by Crippen LogP contribution is 2.32. The van der Waals surface area contributed by atoms with Crippen molar-refractivity contribution in [2.24, 2.45) is 0 Å². The third-order valence-electron chi connectivity index (χ3n) is 5.04. The minimum absolute atomic E-state index is 0.0224. The van der Waals surface area contributed by atoms with Crippen LogP contribution in [0, 0.1) is 6.92 Å². The summed E-state index contributed by atoms with van der Waals surface area (Å²) < 4.78 is 0. The van der Waals surface area contributed by atoms with E-state index in [1.165, 1.54) is 24.3 Å². The summed E-state index contributed by atoms with van der Waals surface area (Å²) in [6, 6.07) is 15.0. The van der Waals surface area contributed by atoms with Gasteiger partial charge >= 0.3 is 5.97 Å². The Hall–Kier alpha value is -3.97. The number of nitrogens with zero attached hydrogens (tertiary/aromatic N) is 1. The van der Waals surface area contributed by atoms with E-state index in [2.05, 4.69) is 5.32 Å². The fraction of sp³-hybridized carbons (Fsp3) is 0.0435. The number of rotatable bonds is 4. The van der Waals surface area contributed by atoms with Gasteiger partial charge in [-0.2, -0.15) is 0 Å². The standard InChI is InChI=1S/C23H15ClN2O5/c1-12-17(24)6-4-7-18(12)25-20(27)15-5-2-3-8-19(15)26-21(28)14-10-9-13(23(30)31)11-16(14)22(26)29/h2-11H,1H3,(H,25,27)(H,30,31). The molecule has 2 N–H and O–H groups in total. The molecule has 0 saturated carbocycles. The van der Waals surface area contributed by atoms with E-state index < -0.39 is 23.7 Å². The first-order chi connectivity index (χ1) is 14.8. The van der Waals surface area contributed by atoms with Crippen molar-refractivity contribution in [3.63, 3.8) is 0 Å². The van der Waals surface area contributed by atoms with Crippen LogP contribution in [0.2, 0.25) is 5.02 Å². The number of hydrogen-bond donors (Lipinski definition) is 2. The minimum atomic E-state index is -1.21. The summed E-state index contributed by atoms with van der Waals surface area (Å²) in [5.41, 5.74) is 1.33. The molecule has 0 radical (unpaired) electrons. The molecule has 0 fully saturated rings. The summed E-state index contributed by atoms with van der Waals surface area (Å²) in [4.78, 5) is 51.0. The summed E-state index contributed by atoms with van der Waals surface area (Å²) >= 11 is 6.11. The van der Waals surface area contributed by atoms with Crippen molar-refractivity contribution in [2.45, 2.75) is 6.92 Å². The van der Waals surface area contributed by atoms with Crippen LogP contribution in [-0.2, 0) is 0 Å². The molecule has 7 nitrogen and oxygen atoms in total. The highest BCUT2D eigenvalue weighted by molar-refractivity contribution is 6.36. The third kappa shape index (κ3) is 3.45. The van der Waals surface area contributed by atoms with Crippen LogP contribution in [0.1, 0.15) is 47.0 Å². The Morgan fingerprint density at radius 2 is 1.65 bits per heavy atom. The van der Waals surface area contributed by atoms with E-state index in [0.717, 1.165) is 11.0 Å². The van der Waals surface area contributed by atoms with Crippen LogP contribution in [0.4, 0.5) is 11.4 Å². The largest absolute Gasteiger partial charge is 0.478 e. The van der Waals surface area contributed by atoms with E-state index in [9.17, 15) is 24.3 Å². The molecule has 3 aromatic carbocycles. The Morgan fingerprint density at radius 1 is 0.935 bits per heavy atom. The zero-order chi connectivity index (χ0) is 22.3. The molecule has 0 aromatic heterocycles. The Bertz CT molecular complexity index is 1280. The molecule has 0 aliphatic carbocycles. The second kappa shape index (κ2) is 7.70. The van der Waals surface area contributed by atoms with Gasteiger partial charge in [-0.3, -0.25) is 14.4 Å². The Kier molecular flexibility index (Phi) is 5.04. The zero-order valence-electron chi connectivity index (χ0n) is 16.2. The summed E-state index contributed by atoms with van der Waals surface area (Å²) in [6.07, 6.45) is 0. The summed E-state index contributed by atoms with van der Waals surface area (Å²) in [7, 11) is 0.